The Balaban J connectivity index is 1.92. The standard InChI is InChI=1S/C22H18Cl2N2O4S/c1-11-4-9-15(10-16(11)24)25-20(28)18-12(2)17(22(29)30-3)21(31-18)26-19(27)13-5-7-14(23)8-6-13/h4-10H,1-3H3,(H,25,28)(H,26,27). The van der Waals surface area contributed by atoms with Crippen molar-refractivity contribution >= 4 is 63.0 Å². The Morgan fingerprint density at radius 1 is 0.935 bits per heavy atom. The highest BCUT2D eigenvalue weighted by molar-refractivity contribution is 7.19. The molecular weight excluding hydrogens is 459 g/mol. The summed E-state index contributed by atoms with van der Waals surface area (Å²) < 4.78 is 4.85. The quantitative estimate of drug-likeness (QED) is 0.444. The van der Waals surface area contributed by atoms with Crippen molar-refractivity contribution in [2.24, 2.45) is 0 Å². The third kappa shape index (κ3) is 5.07. The highest BCUT2D eigenvalue weighted by atomic mass is 35.5. The zero-order chi connectivity index (χ0) is 22.7. The lowest BCUT2D eigenvalue weighted by atomic mass is 10.1. The van der Waals surface area contributed by atoms with Gasteiger partial charge in [-0.3, -0.25) is 9.59 Å². The van der Waals surface area contributed by atoms with Crippen molar-refractivity contribution in [3.63, 3.8) is 0 Å². The summed E-state index contributed by atoms with van der Waals surface area (Å²) in [6.45, 7) is 3.48. The second-order valence-corrected chi connectivity index (χ2v) is 8.50. The topological polar surface area (TPSA) is 84.5 Å². The van der Waals surface area contributed by atoms with Gasteiger partial charge in [0, 0.05) is 21.3 Å². The zero-order valence-electron chi connectivity index (χ0n) is 16.8. The average molecular weight is 477 g/mol. The summed E-state index contributed by atoms with van der Waals surface area (Å²) >= 11 is 13.0. The van der Waals surface area contributed by atoms with E-state index >= 15 is 0 Å². The summed E-state index contributed by atoms with van der Waals surface area (Å²) in [6, 6.07) is 11.5. The largest absolute Gasteiger partial charge is 0.465 e. The Morgan fingerprint density at radius 2 is 1.61 bits per heavy atom. The first kappa shape index (κ1) is 22.8. The van der Waals surface area contributed by atoms with Crippen molar-refractivity contribution < 1.29 is 19.1 Å². The monoisotopic (exact) mass is 476 g/mol. The molecule has 2 aromatic carbocycles. The van der Waals surface area contributed by atoms with E-state index in [1.807, 2.05) is 6.92 Å². The molecule has 0 aliphatic rings. The van der Waals surface area contributed by atoms with Gasteiger partial charge < -0.3 is 15.4 Å². The lowest BCUT2D eigenvalue weighted by molar-refractivity contribution is 0.0601. The van der Waals surface area contributed by atoms with Crippen molar-refractivity contribution in [3.8, 4) is 0 Å². The number of carbonyl (C=O) groups excluding carboxylic acids is 3. The molecule has 0 atom stereocenters. The molecule has 0 saturated heterocycles. The highest BCUT2D eigenvalue weighted by Crippen LogP contribution is 2.35. The normalized spacial score (nSPS) is 10.5. The Bertz CT molecular complexity index is 1170. The molecule has 0 aliphatic carbocycles. The van der Waals surface area contributed by atoms with Crippen LogP contribution in [0.15, 0.2) is 42.5 Å². The van der Waals surface area contributed by atoms with Gasteiger partial charge in [0.2, 0.25) is 0 Å². The van der Waals surface area contributed by atoms with Crippen molar-refractivity contribution in [1.29, 1.82) is 0 Å². The molecule has 6 nitrogen and oxygen atoms in total. The van der Waals surface area contributed by atoms with Gasteiger partial charge in [-0.15, -0.1) is 11.3 Å². The van der Waals surface area contributed by atoms with E-state index in [1.54, 1.807) is 49.4 Å². The average Bonchev–Trinajstić information content (AvgIpc) is 3.06. The molecule has 0 spiro atoms. The van der Waals surface area contributed by atoms with Crippen molar-refractivity contribution in [3.05, 3.63) is 79.6 Å². The molecule has 0 saturated carbocycles. The van der Waals surface area contributed by atoms with E-state index in [-0.39, 0.29) is 15.4 Å². The van der Waals surface area contributed by atoms with Crippen LogP contribution in [-0.2, 0) is 4.74 Å². The SMILES string of the molecule is COC(=O)c1c(NC(=O)c2ccc(Cl)cc2)sc(C(=O)Nc2ccc(C)c(Cl)c2)c1C. The molecule has 0 aliphatic heterocycles. The van der Waals surface area contributed by atoms with E-state index in [9.17, 15) is 14.4 Å². The summed E-state index contributed by atoms with van der Waals surface area (Å²) in [5, 5.41) is 6.69. The van der Waals surface area contributed by atoms with Gasteiger partial charge in [0.15, 0.2) is 0 Å². The van der Waals surface area contributed by atoms with E-state index in [2.05, 4.69) is 10.6 Å². The number of thiophene rings is 1. The summed E-state index contributed by atoms with van der Waals surface area (Å²) in [6.07, 6.45) is 0. The van der Waals surface area contributed by atoms with Crippen LogP contribution in [0.25, 0.3) is 0 Å². The predicted octanol–water partition coefficient (Wildman–Crippen LogP) is 5.96. The van der Waals surface area contributed by atoms with Gasteiger partial charge in [0.05, 0.1) is 17.6 Å². The van der Waals surface area contributed by atoms with E-state index in [1.165, 1.54) is 7.11 Å². The summed E-state index contributed by atoms with van der Waals surface area (Å²) in [7, 11) is 1.23. The van der Waals surface area contributed by atoms with Crippen LogP contribution in [0.3, 0.4) is 0 Å². The van der Waals surface area contributed by atoms with E-state index in [0.29, 0.717) is 26.9 Å². The second kappa shape index (κ2) is 9.51. The number of amides is 2. The van der Waals surface area contributed by atoms with Gasteiger partial charge in [0.1, 0.15) is 5.00 Å². The summed E-state index contributed by atoms with van der Waals surface area (Å²) in [5.74, 6) is -1.53. The minimum absolute atomic E-state index is 0.127. The van der Waals surface area contributed by atoms with Gasteiger partial charge in [0.25, 0.3) is 11.8 Å². The summed E-state index contributed by atoms with van der Waals surface area (Å²) in [4.78, 5) is 38.1. The molecule has 3 aromatic rings. The molecule has 3 rings (SSSR count). The van der Waals surface area contributed by atoms with Crippen LogP contribution in [0.1, 0.15) is 41.5 Å². The highest BCUT2D eigenvalue weighted by Gasteiger charge is 2.26. The number of nitrogens with one attached hydrogen (secondary N) is 2. The molecule has 0 radical (unpaired) electrons. The van der Waals surface area contributed by atoms with Crippen LogP contribution in [0.4, 0.5) is 10.7 Å². The first-order chi connectivity index (χ1) is 14.7. The third-order valence-electron chi connectivity index (χ3n) is 4.51. The fourth-order valence-electron chi connectivity index (χ4n) is 2.80. The predicted molar refractivity (Wildman–Crippen MR) is 124 cm³/mol. The van der Waals surface area contributed by atoms with Crippen LogP contribution in [0, 0.1) is 13.8 Å². The number of hydrogen-bond donors (Lipinski definition) is 2. The number of ether oxygens (including phenoxy) is 1. The summed E-state index contributed by atoms with van der Waals surface area (Å²) in [5.41, 5.74) is 2.28. The lowest BCUT2D eigenvalue weighted by Gasteiger charge is -2.06. The number of methoxy groups -OCH3 is 1. The fourth-order valence-corrected chi connectivity index (χ4v) is 4.19. The van der Waals surface area contributed by atoms with Crippen molar-refractivity contribution in [2.45, 2.75) is 13.8 Å². The van der Waals surface area contributed by atoms with Crippen LogP contribution in [-0.4, -0.2) is 24.9 Å². The smallest absolute Gasteiger partial charge is 0.341 e. The Morgan fingerprint density at radius 3 is 2.23 bits per heavy atom. The van der Waals surface area contributed by atoms with Gasteiger partial charge in [-0.1, -0.05) is 29.3 Å². The molecule has 0 fully saturated rings. The zero-order valence-corrected chi connectivity index (χ0v) is 19.2. The lowest BCUT2D eigenvalue weighted by Crippen LogP contribution is -2.14. The number of anilines is 2. The van der Waals surface area contributed by atoms with E-state index in [0.717, 1.165) is 16.9 Å². The minimum atomic E-state index is -0.655. The van der Waals surface area contributed by atoms with Crippen LogP contribution in [0.2, 0.25) is 10.0 Å². The molecule has 2 amide bonds. The number of halogens is 2. The van der Waals surface area contributed by atoms with Crippen LogP contribution >= 0.6 is 34.5 Å². The maximum absolute atomic E-state index is 12.9. The van der Waals surface area contributed by atoms with E-state index in [4.69, 9.17) is 27.9 Å². The maximum atomic E-state index is 12.9. The number of aryl methyl sites for hydroxylation is 1. The van der Waals surface area contributed by atoms with Crippen molar-refractivity contribution in [1.82, 2.24) is 0 Å². The Hall–Kier alpha value is -2.87. The Kier molecular flexibility index (Phi) is 7.00. The number of carbonyl (C=O) groups is 3. The van der Waals surface area contributed by atoms with Gasteiger partial charge >= 0.3 is 5.97 Å². The van der Waals surface area contributed by atoms with Crippen LogP contribution < -0.4 is 10.6 Å². The molecule has 0 unspecified atom stereocenters. The molecule has 160 valence electrons. The number of esters is 1. The molecule has 9 heteroatoms. The molecule has 1 heterocycles. The van der Waals surface area contributed by atoms with Gasteiger partial charge in [-0.2, -0.15) is 0 Å². The minimum Gasteiger partial charge on any atom is -0.465 e. The van der Waals surface area contributed by atoms with Gasteiger partial charge in [-0.25, -0.2) is 4.79 Å². The van der Waals surface area contributed by atoms with Gasteiger partial charge in [-0.05, 0) is 61.4 Å². The first-order valence-electron chi connectivity index (χ1n) is 9.07. The van der Waals surface area contributed by atoms with Crippen molar-refractivity contribution in [2.75, 3.05) is 17.7 Å². The second-order valence-electron chi connectivity index (χ2n) is 6.63. The molecule has 2 N–H and O–H groups in total. The molecule has 1 aromatic heterocycles. The molecular formula is C22H18Cl2N2O4S. The molecule has 0 bridgehead atoms. The fraction of sp³-hybridized carbons (Fsp3) is 0.136. The third-order valence-corrected chi connectivity index (χ3v) is 6.37. The number of benzene rings is 2. The van der Waals surface area contributed by atoms with Crippen LogP contribution in [0.5, 0.6) is 0 Å². The number of rotatable bonds is 5. The first-order valence-corrected chi connectivity index (χ1v) is 10.6. The number of hydrogen-bond acceptors (Lipinski definition) is 5. The molecule has 31 heavy (non-hydrogen) atoms. The van der Waals surface area contributed by atoms with E-state index < -0.39 is 17.8 Å². The maximum Gasteiger partial charge on any atom is 0.341 e. The Labute approximate surface area is 193 Å².